The van der Waals surface area contributed by atoms with E-state index in [1.54, 1.807) is 7.11 Å². The SMILES string of the molecule is COc1ccc(C2CCCOC2)nn1. The largest absolute Gasteiger partial charge is 0.480 e. The first kappa shape index (κ1) is 9.40. The average Bonchev–Trinajstić information content (AvgIpc) is 2.30. The summed E-state index contributed by atoms with van der Waals surface area (Å²) in [5, 5.41) is 8.06. The average molecular weight is 194 g/mol. The van der Waals surface area contributed by atoms with Gasteiger partial charge in [0.2, 0.25) is 5.88 Å². The first-order valence-electron chi connectivity index (χ1n) is 4.85. The zero-order valence-corrected chi connectivity index (χ0v) is 8.27. The number of hydrogen-bond donors (Lipinski definition) is 0. The number of methoxy groups -OCH3 is 1. The summed E-state index contributed by atoms with van der Waals surface area (Å²) in [4.78, 5) is 0. The summed E-state index contributed by atoms with van der Waals surface area (Å²) < 4.78 is 10.3. The van der Waals surface area contributed by atoms with E-state index in [0.717, 1.165) is 31.7 Å². The highest BCUT2D eigenvalue weighted by Crippen LogP contribution is 2.23. The Hall–Kier alpha value is -1.16. The standard InChI is InChI=1S/C10H14N2O2/c1-13-10-5-4-9(11-12-10)8-3-2-6-14-7-8/h4-5,8H,2-3,6-7H2,1H3. The van der Waals surface area contributed by atoms with Gasteiger partial charge in [-0.2, -0.15) is 5.10 Å². The van der Waals surface area contributed by atoms with Crippen molar-refractivity contribution in [2.24, 2.45) is 0 Å². The molecule has 0 radical (unpaired) electrons. The van der Waals surface area contributed by atoms with E-state index in [9.17, 15) is 0 Å². The normalized spacial score (nSPS) is 21.9. The molecule has 1 atom stereocenters. The smallest absolute Gasteiger partial charge is 0.233 e. The monoisotopic (exact) mass is 194 g/mol. The van der Waals surface area contributed by atoms with Crippen molar-refractivity contribution in [3.8, 4) is 5.88 Å². The molecule has 1 aliphatic rings. The van der Waals surface area contributed by atoms with Gasteiger partial charge in [0.1, 0.15) is 0 Å². The second kappa shape index (κ2) is 4.37. The van der Waals surface area contributed by atoms with Crippen LogP contribution in [0.3, 0.4) is 0 Å². The van der Waals surface area contributed by atoms with Crippen molar-refractivity contribution < 1.29 is 9.47 Å². The van der Waals surface area contributed by atoms with Crippen LogP contribution in [0.2, 0.25) is 0 Å². The van der Waals surface area contributed by atoms with Gasteiger partial charge in [-0.05, 0) is 18.9 Å². The van der Waals surface area contributed by atoms with Crippen LogP contribution in [-0.2, 0) is 4.74 Å². The maximum Gasteiger partial charge on any atom is 0.233 e. The van der Waals surface area contributed by atoms with Gasteiger partial charge in [0.25, 0.3) is 0 Å². The Labute approximate surface area is 83.3 Å². The topological polar surface area (TPSA) is 44.2 Å². The second-order valence-corrected chi connectivity index (χ2v) is 3.41. The molecule has 1 unspecified atom stereocenters. The van der Waals surface area contributed by atoms with E-state index in [1.165, 1.54) is 0 Å². The van der Waals surface area contributed by atoms with Crippen LogP contribution in [0.1, 0.15) is 24.5 Å². The zero-order chi connectivity index (χ0) is 9.80. The molecule has 0 N–H and O–H groups in total. The Balaban J connectivity index is 2.07. The third-order valence-electron chi connectivity index (χ3n) is 2.45. The minimum atomic E-state index is 0.405. The lowest BCUT2D eigenvalue weighted by molar-refractivity contribution is 0.0790. The Morgan fingerprint density at radius 1 is 1.43 bits per heavy atom. The molecule has 0 aromatic carbocycles. The Kier molecular flexibility index (Phi) is 2.93. The van der Waals surface area contributed by atoms with Gasteiger partial charge in [-0.25, -0.2) is 0 Å². The van der Waals surface area contributed by atoms with Crippen molar-refractivity contribution in [3.63, 3.8) is 0 Å². The first-order chi connectivity index (χ1) is 6.90. The lowest BCUT2D eigenvalue weighted by Gasteiger charge is -2.20. The number of rotatable bonds is 2. The first-order valence-corrected chi connectivity index (χ1v) is 4.85. The van der Waals surface area contributed by atoms with E-state index >= 15 is 0 Å². The van der Waals surface area contributed by atoms with E-state index < -0.39 is 0 Å². The van der Waals surface area contributed by atoms with Crippen LogP contribution in [0.15, 0.2) is 12.1 Å². The lowest BCUT2D eigenvalue weighted by atomic mass is 9.98. The van der Waals surface area contributed by atoms with Crippen LogP contribution in [0.25, 0.3) is 0 Å². The van der Waals surface area contributed by atoms with Gasteiger partial charge in [0, 0.05) is 18.6 Å². The molecule has 2 rings (SSSR count). The van der Waals surface area contributed by atoms with E-state index in [1.807, 2.05) is 12.1 Å². The maximum absolute atomic E-state index is 5.39. The highest BCUT2D eigenvalue weighted by atomic mass is 16.5. The number of ether oxygens (including phenoxy) is 2. The minimum absolute atomic E-state index is 0.405. The van der Waals surface area contributed by atoms with Crippen LogP contribution in [-0.4, -0.2) is 30.5 Å². The molecule has 14 heavy (non-hydrogen) atoms. The number of hydrogen-bond acceptors (Lipinski definition) is 4. The third kappa shape index (κ3) is 2.01. The van der Waals surface area contributed by atoms with Gasteiger partial charge in [-0.3, -0.25) is 0 Å². The van der Waals surface area contributed by atoms with Crippen LogP contribution < -0.4 is 4.74 Å². The van der Waals surface area contributed by atoms with Crippen molar-refractivity contribution in [2.75, 3.05) is 20.3 Å². The molecular formula is C10H14N2O2. The highest BCUT2D eigenvalue weighted by Gasteiger charge is 2.17. The summed E-state index contributed by atoms with van der Waals surface area (Å²) in [5.41, 5.74) is 1.01. The number of nitrogens with zero attached hydrogens (tertiary/aromatic N) is 2. The molecule has 1 fully saturated rings. The van der Waals surface area contributed by atoms with E-state index in [-0.39, 0.29) is 0 Å². The van der Waals surface area contributed by atoms with E-state index in [2.05, 4.69) is 10.2 Å². The predicted octanol–water partition coefficient (Wildman–Crippen LogP) is 1.38. The molecule has 4 heteroatoms. The van der Waals surface area contributed by atoms with Gasteiger partial charge >= 0.3 is 0 Å². The molecular weight excluding hydrogens is 180 g/mol. The van der Waals surface area contributed by atoms with Crippen molar-refractivity contribution in [1.29, 1.82) is 0 Å². The third-order valence-corrected chi connectivity index (χ3v) is 2.45. The second-order valence-electron chi connectivity index (χ2n) is 3.41. The Morgan fingerprint density at radius 3 is 2.93 bits per heavy atom. The van der Waals surface area contributed by atoms with Gasteiger partial charge in [-0.15, -0.1) is 5.10 Å². The molecule has 0 aliphatic carbocycles. The molecule has 1 aliphatic heterocycles. The highest BCUT2D eigenvalue weighted by molar-refractivity contribution is 5.14. The molecule has 1 saturated heterocycles. The molecule has 1 aromatic rings. The molecule has 4 nitrogen and oxygen atoms in total. The zero-order valence-electron chi connectivity index (χ0n) is 8.27. The van der Waals surface area contributed by atoms with Crippen LogP contribution in [0.5, 0.6) is 5.88 Å². The summed E-state index contributed by atoms with van der Waals surface area (Å²) in [6.07, 6.45) is 2.25. The minimum Gasteiger partial charge on any atom is -0.480 e. The fourth-order valence-corrected chi connectivity index (χ4v) is 1.63. The summed E-state index contributed by atoms with van der Waals surface area (Å²) >= 11 is 0. The molecule has 2 heterocycles. The Bertz CT molecular complexity index is 281. The fraction of sp³-hybridized carbons (Fsp3) is 0.600. The van der Waals surface area contributed by atoms with Gasteiger partial charge < -0.3 is 9.47 Å². The summed E-state index contributed by atoms with van der Waals surface area (Å²) in [6.45, 7) is 1.64. The van der Waals surface area contributed by atoms with Crippen LogP contribution in [0, 0.1) is 0 Å². The van der Waals surface area contributed by atoms with Crippen molar-refractivity contribution in [1.82, 2.24) is 10.2 Å². The summed E-state index contributed by atoms with van der Waals surface area (Å²) in [5.74, 6) is 0.965. The molecule has 76 valence electrons. The molecule has 0 saturated carbocycles. The van der Waals surface area contributed by atoms with Gasteiger partial charge in [0.15, 0.2) is 0 Å². The fourth-order valence-electron chi connectivity index (χ4n) is 1.63. The van der Waals surface area contributed by atoms with E-state index in [0.29, 0.717) is 11.8 Å². The molecule has 0 amide bonds. The molecule has 1 aromatic heterocycles. The number of aromatic nitrogens is 2. The molecule has 0 spiro atoms. The van der Waals surface area contributed by atoms with Crippen molar-refractivity contribution in [3.05, 3.63) is 17.8 Å². The van der Waals surface area contributed by atoms with Crippen molar-refractivity contribution >= 4 is 0 Å². The predicted molar refractivity (Wildman–Crippen MR) is 51.4 cm³/mol. The maximum atomic E-state index is 5.39. The quantitative estimate of drug-likeness (QED) is 0.713. The van der Waals surface area contributed by atoms with Gasteiger partial charge in [-0.1, -0.05) is 0 Å². The van der Waals surface area contributed by atoms with E-state index in [4.69, 9.17) is 9.47 Å². The van der Waals surface area contributed by atoms with Crippen molar-refractivity contribution in [2.45, 2.75) is 18.8 Å². The van der Waals surface area contributed by atoms with Crippen LogP contribution >= 0.6 is 0 Å². The lowest BCUT2D eigenvalue weighted by Crippen LogP contribution is -2.16. The Morgan fingerprint density at radius 2 is 2.36 bits per heavy atom. The molecule has 0 bridgehead atoms. The van der Waals surface area contributed by atoms with Gasteiger partial charge in [0.05, 0.1) is 19.4 Å². The van der Waals surface area contributed by atoms with Crippen LogP contribution in [0.4, 0.5) is 0 Å². The summed E-state index contributed by atoms with van der Waals surface area (Å²) in [6, 6.07) is 3.81. The summed E-state index contributed by atoms with van der Waals surface area (Å²) in [7, 11) is 1.59.